The third-order valence-corrected chi connectivity index (χ3v) is 5.22. The molecule has 0 saturated carbocycles. The lowest BCUT2D eigenvalue weighted by atomic mass is 9.96. The summed E-state index contributed by atoms with van der Waals surface area (Å²) in [5, 5.41) is 3.51. The average molecular weight is 388 g/mol. The monoisotopic (exact) mass is 387 g/mol. The number of ether oxygens (including phenoxy) is 2. The van der Waals surface area contributed by atoms with E-state index >= 15 is 0 Å². The first kappa shape index (κ1) is 19.2. The summed E-state index contributed by atoms with van der Waals surface area (Å²) in [4.78, 5) is 24.8. The number of rotatable bonds is 5. The zero-order valence-corrected chi connectivity index (χ0v) is 16.2. The Hall–Kier alpha value is -2.53. The van der Waals surface area contributed by atoms with Crippen LogP contribution in [0.5, 0.6) is 5.75 Å². The van der Waals surface area contributed by atoms with Crippen LogP contribution in [0, 0.1) is 0 Å². The minimum atomic E-state index is -0.533. The van der Waals surface area contributed by atoms with E-state index in [4.69, 9.17) is 21.1 Å². The van der Waals surface area contributed by atoms with Gasteiger partial charge in [-0.2, -0.15) is 0 Å². The van der Waals surface area contributed by atoms with Gasteiger partial charge in [0.05, 0.1) is 25.1 Å². The molecule has 0 radical (unpaired) electrons. The number of hydrogen-bond donors (Lipinski definition) is 1. The maximum atomic E-state index is 13.0. The van der Waals surface area contributed by atoms with Crippen molar-refractivity contribution in [3.63, 3.8) is 0 Å². The van der Waals surface area contributed by atoms with Gasteiger partial charge in [-0.1, -0.05) is 42.8 Å². The molecule has 0 bridgehead atoms. The number of nitrogens with one attached hydrogen (secondary N) is 1. The standard InChI is InChI=1S/C21H22ClNO4/c1-12-13(2)27-20-16(12)5-4-6-17(20)21(25)23-18(11-19(24)26-3)14-7-9-15(22)10-8-14/h4-10,12-13,18H,11H2,1-3H3,(H,23,25). The second kappa shape index (κ2) is 8.01. The van der Waals surface area contributed by atoms with E-state index in [1.54, 1.807) is 30.3 Å². The van der Waals surface area contributed by atoms with Crippen LogP contribution in [0.1, 0.15) is 53.7 Å². The van der Waals surface area contributed by atoms with E-state index in [1.807, 2.05) is 19.1 Å². The first-order chi connectivity index (χ1) is 12.9. The molecular formula is C21H22ClNO4. The maximum absolute atomic E-state index is 13.0. The summed E-state index contributed by atoms with van der Waals surface area (Å²) in [5.74, 6) is 0.127. The number of fused-ring (bicyclic) bond motifs is 1. The summed E-state index contributed by atoms with van der Waals surface area (Å²) in [6.07, 6.45) is 0.0307. The SMILES string of the molecule is COC(=O)CC(NC(=O)c1cccc2c1OC(C)C2C)c1ccc(Cl)cc1. The van der Waals surface area contributed by atoms with Crippen LogP contribution in [-0.4, -0.2) is 25.1 Å². The molecule has 3 rings (SSSR count). The highest BCUT2D eigenvalue weighted by atomic mass is 35.5. The Bertz CT molecular complexity index is 850. The molecule has 2 aromatic rings. The van der Waals surface area contributed by atoms with Gasteiger partial charge >= 0.3 is 5.97 Å². The average Bonchev–Trinajstić information content (AvgIpc) is 2.96. The molecule has 142 valence electrons. The van der Waals surface area contributed by atoms with Gasteiger partial charge in [-0.25, -0.2) is 0 Å². The van der Waals surface area contributed by atoms with Gasteiger partial charge in [-0.15, -0.1) is 0 Å². The molecule has 0 aliphatic carbocycles. The molecule has 0 saturated heterocycles. The second-order valence-electron chi connectivity index (χ2n) is 6.69. The van der Waals surface area contributed by atoms with Crippen molar-refractivity contribution in [2.45, 2.75) is 38.3 Å². The van der Waals surface area contributed by atoms with Crippen molar-refractivity contribution < 1.29 is 19.1 Å². The van der Waals surface area contributed by atoms with Crippen LogP contribution < -0.4 is 10.1 Å². The van der Waals surface area contributed by atoms with Crippen molar-refractivity contribution in [1.82, 2.24) is 5.32 Å². The Morgan fingerprint density at radius 2 is 1.89 bits per heavy atom. The van der Waals surface area contributed by atoms with Crippen molar-refractivity contribution >= 4 is 23.5 Å². The van der Waals surface area contributed by atoms with Crippen LogP contribution in [0.4, 0.5) is 0 Å². The number of para-hydroxylation sites is 1. The summed E-state index contributed by atoms with van der Waals surface area (Å²) < 4.78 is 10.7. The molecule has 1 aliphatic heterocycles. The number of amides is 1. The third-order valence-electron chi connectivity index (χ3n) is 4.96. The van der Waals surface area contributed by atoms with E-state index in [9.17, 15) is 9.59 Å². The summed E-state index contributed by atoms with van der Waals surface area (Å²) in [7, 11) is 1.32. The zero-order chi connectivity index (χ0) is 19.6. The molecular weight excluding hydrogens is 366 g/mol. The molecule has 0 fully saturated rings. The van der Waals surface area contributed by atoms with Crippen LogP contribution in [0.25, 0.3) is 0 Å². The first-order valence-electron chi connectivity index (χ1n) is 8.83. The van der Waals surface area contributed by atoms with Crippen LogP contribution in [0.2, 0.25) is 5.02 Å². The van der Waals surface area contributed by atoms with Gasteiger partial charge in [0, 0.05) is 16.5 Å². The molecule has 3 atom stereocenters. The van der Waals surface area contributed by atoms with Crippen molar-refractivity contribution in [3.8, 4) is 5.75 Å². The normalized spacial score (nSPS) is 19.0. The number of halogens is 1. The summed E-state index contributed by atoms with van der Waals surface area (Å²) in [5.41, 5.74) is 2.26. The lowest BCUT2D eigenvalue weighted by Crippen LogP contribution is -2.30. The van der Waals surface area contributed by atoms with Crippen LogP contribution in [-0.2, 0) is 9.53 Å². The van der Waals surface area contributed by atoms with E-state index in [-0.39, 0.29) is 24.3 Å². The first-order valence-corrected chi connectivity index (χ1v) is 9.21. The van der Waals surface area contributed by atoms with Crippen LogP contribution in [0.3, 0.4) is 0 Å². The Labute approximate surface area is 163 Å². The fraction of sp³-hybridized carbons (Fsp3) is 0.333. The van der Waals surface area contributed by atoms with Gasteiger partial charge in [0.2, 0.25) is 0 Å². The van der Waals surface area contributed by atoms with Gasteiger partial charge in [-0.05, 0) is 30.7 Å². The van der Waals surface area contributed by atoms with Crippen LogP contribution in [0.15, 0.2) is 42.5 Å². The quantitative estimate of drug-likeness (QED) is 0.778. The van der Waals surface area contributed by atoms with E-state index in [0.29, 0.717) is 16.3 Å². The van der Waals surface area contributed by atoms with Gasteiger partial charge in [0.25, 0.3) is 5.91 Å². The molecule has 6 heteroatoms. The number of carbonyl (C=O) groups is 2. The smallest absolute Gasteiger partial charge is 0.307 e. The maximum Gasteiger partial charge on any atom is 0.307 e. The van der Waals surface area contributed by atoms with Crippen molar-refractivity contribution in [2.75, 3.05) is 7.11 Å². The topological polar surface area (TPSA) is 64.6 Å². The number of carbonyl (C=O) groups excluding carboxylic acids is 2. The predicted octanol–water partition coefficient (Wildman–Crippen LogP) is 4.26. The molecule has 2 aromatic carbocycles. The molecule has 5 nitrogen and oxygen atoms in total. The number of esters is 1. The predicted molar refractivity (Wildman–Crippen MR) is 103 cm³/mol. The Balaban J connectivity index is 1.87. The van der Waals surface area contributed by atoms with E-state index < -0.39 is 12.0 Å². The molecule has 0 spiro atoms. The lowest BCUT2D eigenvalue weighted by molar-refractivity contribution is -0.141. The van der Waals surface area contributed by atoms with Crippen molar-refractivity contribution in [1.29, 1.82) is 0 Å². The van der Waals surface area contributed by atoms with E-state index in [0.717, 1.165) is 11.1 Å². The largest absolute Gasteiger partial charge is 0.489 e. The highest BCUT2D eigenvalue weighted by Gasteiger charge is 2.31. The Kier molecular flexibility index (Phi) is 5.71. The van der Waals surface area contributed by atoms with E-state index in [2.05, 4.69) is 12.2 Å². The zero-order valence-electron chi connectivity index (χ0n) is 15.5. The second-order valence-corrected chi connectivity index (χ2v) is 7.13. The molecule has 1 N–H and O–H groups in total. The Morgan fingerprint density at radius 3 is 2.56 bits per heavy atom. The molecule has 0 aromatic heterocycles. The fourth-order valence-corrected chi connectivity index (χ4v) is 3.32. The van der Waals surface area contributed by atoms with Crippen molar-refractivity contribution in [2.24, 2.45) is 0 Å². The molecule has 3 unspecified atom stereocenters. The third kappa shape index (κ3) is 4.08. The number of hydrogen-bond acceptors (Lipinski definition) is 4. The van der Waals surface area contributed by atoms with Gasteiger partial charge in [-0.3, -0.25) is 9.59 Å². The Morgan fingerprint density at radius 1 is 1.19 bits per heavy atom. The minimum absolute atomic E-state index is 0.0103. The number of methoxy groups -OCH3 is 1. The lowest BCUT2D eigenvalue weighted by Gasteiger charge is -2.19. The summed E-state index contributed by atoms with van der Waals surface area (Å²) >= 11 is 5.95. The molecule has 1 aliphatic rings. The summed E-state index contributed by atoms with van der Waals surface area (Å²) in [6.45, 7) is 4.06. The fourth-order valence-electron chi connectivity index (χ4n) is 3.20. The number of benzene rings is 2. The summed E-state index contributed by atoms with van der Waals surface area (Å²) in [6, 6.07) is 12.0. The van der Waals surface area contributed by atoms with Crippen LogP contribution >= 0.6 is 11.6 Å². The minimum Gasteiger partial charge on any atom is -0.489 e. The van der Waals surface area contributed by atoms with Crippen molar-refractivity contribution in [3.05, 3.63) is 64.2 Å². The molecule has 1 amide bonds. The molecule has 27 heavy (non-hydrogen) atoms. The highest BCUT2D eigenvalue weighted by Crippen LogP contribution is 2.40. The van der Waals surface area contributed by atoms with Gasteiger partial charge in [0.1, 0.15) is 11.9 Å². The van der Waals surface area contributed by atoms with Gasteiger partial charge in [0.15, 0.2) is 0 Å². The van der Waals surface area contributed by atoms with E-state index in [1.165, 1.54) is 7.11 Å². The highest BCUT2D eigenvalue weighted by molar-refractivity contribution is 6.30. The molecule has 1 heterocycles. The van der Waals surface area contributed by atoms with Gasteiger partial charge < -0.3 is 14.8 Å².